The molecule has 2 N–H and O–H groups in total. The van der Waals surface area contributed by atoms with Gasteiger partial charge in [-0.3, -0.25) is 5.10 Å². The molecule has 1 aromatic heterocycles. The maximum Gasteiger partial charge on any atom is 0.322 e. The molecule has 1 aliphatic rings. The minimum Gasteiger partial charge on any atom is -0.314 e. The lowest BCUT2D eigenvalue weighted by Gasteiger charge is -2.23. The zero-order chi connectivity index (χ0) is 18.8. The number of H-pyrrole nitrogens is 1. The molecule has 0 spiro atoms. The molecule has 138 valence electrons. The maximum atomic E-state index is 13.1. The highest BCUT2D eigenvalue weighted by molar-refractivity contribution is 5.89. The van der Waals surface area contributed by atoms with Crippen molar-refractivity contribution in [2.75, 3.05) is 11.9 Å². The zero-order valence-electron chi connectivity index (χ0n) is 14.9. The minimum absolute atomic E-state index is 0.150. The van der Waals surface area contributed by atoms with E-state index in [4.69, 9.17) is 0 Å². The first kappa shape index (κ1) is 17.2. The van der Waals surface area contributed by atoms with Gasteiger partial charge in [0.2, 0.25) is 0 Å². The van der Waals surface area contributed by atoms with Crippen LogP contribution in [0.25, 0.3) is 11.4 Å². The molecule has 0 bridgehead atoms. The molecule has 0 aliphatic carbocycles. The first-order valence-corrected chi connectivity index (χ1v) is 8.93. The van der Waals surface area contributed by atoms with Crippen molar-refractivity contribution in [2.24, 2.45) is 0 Å². The van der Waals surface area contributed by atoms with Crippen molar-refractivity contribution in [2.45, 2.75) is 25.8 Å². The summed E-state index contributed by atoms with van der Waals surface area (Å²) in [5.41, 5.74) is 2.59. The van der Waals surface area contributed by atoms with E-state index in [1.165, 1.54) is 12.1 Å². The molecule has 0 radical (unpaired) electrons. The smallest absolute Gasteiger partial charge is 0.314 e. The van der Waals surface area contributed by atoms with Gasteiger partial charge >= 0.3 is 6.03 Å². The lowest BCUT2D eigenvalue weighted by atomic mass is 10.2. The largest absolute Gasteiger partial charge is 0.322 e. The summed E-state index contributed by atoms with van der Waals surface area (Å²) >= 11 is 0. The lowest BCUT2D eigenvalue weighted by molar-refractivity contribution is 0.205. The molecule has 1 atom stereocenters. The van der Waals surface area contributed by atoms with Crippen molar-refractivity contribution in [3.8, 4) is 11.4 Å². The Balaban J connectivity index is 1.51. The summed E-state index contributed by atoms with van der Waals surface area (Å²) in [6.07, 6.45) is 1.72. The standard InChI is InChI=1S/C20H20FN5O/c1-13-4-2-5-16(12-13)22-20(27)26-11-3-6-17(26)19-23-18(24-25-19)14-7-9-15(21)10-8-14/h2,4-5,7-10,12,17H,3,6,11H2,1H3,(H,22,27)(H,23,24,25)/t17-/m0/s1. The summed E-state index contributed by atoms with van der Waals surface area (Å²) in [6.45, 7) is 2.65. The number of carbonyl (C=O) groups is 1. The van der Waals surface area contributed by atoms with E-state index in [9.17, 15) is 9.18 Å². The predicted octanol–water partition coefficient (Wildman–Crippen LogP) is 4.29. The summed E-state index contributed by atoms with van der Waals surface area (Å²) in [7, 11) is 0. The fraction of sp³-hybridized carbons (Fsp3) is 0.250. The van der Waals surface area contributed by atoms with Crippen molar-refractivity contribution in [1.29, 1.82) is 0 Å². The number of likely N-dealkylation sites (tertiary alicyclic amines) is 1. The number of aromatic nitrogens is 3. The van der Waals surface area contributed by atoms with Gasteiger partial charge in [-0.25, -0.2) is 14.2 Å². The summed E-state index contributed by atoms with van der Waals surface area (Å²) in [6, 6.07) is 13.4. The fourth-order valence-corrected chi connectivity index (χ4v) is 3.36. The highest BCUT2D eigenvalue weighted by Gasteiger charge is 2.32. The Labute approximate surface area is 156 Å². The number of carbonyl (C=O) groups excluding carboxylic acids is 1. The molecule has 1 saturated heterocycles. The van der Waals surface area contributed by atoms with Crippen molar-refractivity contribution < 1.29 is 9.18 Å². The maximum absolute atomic E-state index is 13.1. The topological polar surface area (TPSA) is 73.9 Å². The zero-order valence-corrected chi connectivity index (χ0v) is 14.9. The SMILES string of the molecule is Cc1cccc(NC(=O)N2CCC[C@H]2c2nc(-c3ccc(F)cc3)n[nH]2)c1. The van der Waals surface area contributed by atoms with Gasteiger partial charge in [0.1, 0.15) is 11.6 Å². The van der Waals surface area contributed by atoms with Gasteiger partial charge in [0, 0.05) is 17.8 Å². The molecule has 2 heterocycles. The third-order valence-corrected chi connectivity index (χ3v) is 4.70. The van der Waals surface area contributed by atoms with Crippen molar-refractivity contribution >= 4 is 11.7 Å². The van der Waals surface area contributed by atoms with Crippen LogP contribution in [0, 0.1) is 12.7 Å². The molecule has 1 aliphatic heterocycles. The number of urea groups is 1. The number of aryl methyl sites for hydroxylation is 1. The van der Waals surface area contributed by atoms with E-state index in [-0.39, 0.29) is 17.9 Å². The quantitative estimate of drug-likeness (QED) is 0.727. The number of amides is 2. The van der Waals surface area contributed by atoms with Crippen molar-refractivity contribution in [3.05, 3.63) is 65.7 Å². The molecule has 27 heavy (non-hydrogen) atoms. The van der Waals surface area contributed by atoms with E-state index in [2.05, 4.69) is 20.5 Å². The molecule has 2 aromatic carbocycles. The number of hydrogen-bond donors (Lipinski definition) is 2. The minimum atomic E-state index is -0.302. The van der Waals surface area contributed by atoms with Crippen molar-refractivity contribution in [1.82, 2.24) is 20.1 Å². The van der Waals surface area contributed by atoms with Gasteiger partial charge in [0.05, 0.1) is 6.04 Å². The number of benzene rings is 2. The number of halogens is 1. The molecule has 6 nitrogen and oxygen atoms in total. The highest BCUT2D eigenvalue weighted by atomic mass is 19.1. The Morgan fingerprint density at radius 1 is 1.26 bits per heavy atom. The van der Waals surface area contributed by atoms with Crippen LogP contribution >= 0.6 is 0 Å². The van der Waals surface area contributed by atoms with Gasteiger partial charge < -0.3 is 10.2 Å². The second-order valence-electron chi connectivity index (χ2n) is 6.70. The van der Waals surface area contributed by atoms with Crippen molar-refractivity contribution in [3.63, 3.8) is 0 Å². The molecular weight excluding hydrogens is 345 g/mol. The van der Waals surface area contributed by atoms with E-state index in [1.807, 2.05) is 31.2 Å². The predicted molar refractivity (Wildman–Crippen MR) is 101 cm³/mol. The second-order valence-corrected chi connectivity index (χ2v) is 6.70. The Morgan fingerprint density at radius 3 is 2.85 bits per heavy atom. The van der Waals surface area contributed by atoms with Crippen LogP contribution in [0.1, 0.15) is 30.3 Å². The Kier molecular flexibility index (Phi) is 4.58. The van der Waals surface area contributed by atoms with E-state index in [0.29, 0.717) is 18.2 Å². The fourth-order valence-electron chi connectivity index (χ4n) is 3.36. The second kappa shape index (κ2) is 7.19. The van der Waals surface area contributed by atoms with E-state index in [0.717, 1.165) is 29.7 Å². The van der Waals surface area contributed by atoms with Gasteiger partial charge in [0.15, 0.2) is 5.82 Å². The average molecular weight is 365 g/mol. The van der Waals surface area contributed by atoms with E-state index < -0.39 is 0 Å². The third kappa shape index (κ3) is 3.67. The van der Waals surface area contributed by atoms with E-state index in [1.54, 1.807) is 17.0 Å². The first-order chi connectivity index (χ1) is 13.1. The van der Waals surface area contributed by atoms with Crippen LogP contribution < -0.4 is 5.32 Å². The van der Waals surface area contributed by atoms with Crippen LogP contribution in [-0.4, -0.2) is 32.7 Å². The number of nitrogens with zero attached hydrogens (tertiary/aromatic N) is 3. The number of rotatable bonds is 3. The molecule has 0 saturated carbocycles. The summed E-state index contributed by atoms with van der Waals surface area (Å²) < 4.78 is 13.1. The molecule has 3 aromatic rings. The van der Waals surface area contributed by atoms with Crippen LogP contribution in [0.2, 0.25) is 0 Å². The van der Waals surface area contributed by atoms with Crippen LogP contribution in [0.5, 0.6) is 0 Å². The van der Waals surface area contributed by atoms with Crippen LogP contribution in [0.15, 0.2) is 48.5 Å². The number of hydrogen-bond acceptors (Lipinski definition) is 3. The average Bonchev–Trinajstić information content (AvgIpc) is 3.31. The highest BCUT2D eigenvalue weighted by Crippen LogP contribution is 2.31. The number of anilines is 1. The molecule has 1 fully saturated rings. The van der Waals surface area contributed by atoms with Gasteiger partial charge in [-0.15, -0.1) is 0 Å². The van der Waals surface area contributed by atoms with Crippen LogP contribution in [0.4, 0.5) is 14.9 Å². The summed E-state index contributed by atoms with van der Waals surface area (Å²) in [4.78, 5) is 19.0. The van der Waals surface area contributed by atoms with Gasteiger partial charge in [-0.05, 0) is 61.7 Å². The summed E-state index contributed by atoms with van der Waals surface area (Å²) in [5, 5.41) is 10.1. The summed E-state index contributed by atoms with van der Waals surface area (Å²) in [5.74, 6) is 0.839. The van der Waals surface area contributed by atoms with Gasteiger partial charge in [0.25, 0.3) is 0 Å². The van der Waals surface area contributed by atoms with Gasteiger partial charge in [-0.1, -0.05) is 12.1 Å². The third-order valence-electron chi connectivity index (χ3n) is 4.70. The molecule has 2 amide bonds. The van der Waals surface area contributed by atoms with Gasteiger partial charge in [-0.2, -0.15) is 5.10 Å². The molecule has 0 unspecified atom stereocenters. The number of nitrogens with one attached hydrogen (secondary N) is 2. The Morgan fingerprint density at radius 2 is 2.07 bits per heavy atom. The normalized spacial score (nSPS) is 16.5. The number of aromatic amines is 1. The Hall–Kier alpha value is -3.22. The monoisotopic (exact) mass is 365 g/mol. The molecule has 4 rings (SSSR count). The van der Waals surface area contributed by atoms with Crippen LogP contribution in [-0.2, 0) is 0 Å². The molecular formula is C20H20FN5O. The van der Waals surface area contributed by atoms with Crippen LogP contribution in [0.3, 0.4) is 0 Å². The Bertz CT molecular complexity index is 953. The lowest BCUT2D eigenvalue weighted by Crippen LogP contribution is -2.34. The first-order valence-electron chi connectivity index (χ1n) is 8.93. The molecule has 7 heteroatoms. The van der Waals surface area contributed by atoms with E-state index >= 15 is 0 Å².